The maximum atomic E-state index is 5.93. The second-order valence-electron chi connectivity index (χ2n) is 4.81. The number of rotatable bonds is 3. The molecule has 0 radical (unpaired) electrons. The van der Waals surface area contributed by atoms with E-state index < -0.39 is 0 Å². The SMILES string of the molecule is Clc1ccc(-c2[nH]ncc2-c2nnc(-c3ccncc3)o2)cc1. The van der Waals surface area contributed by atoms with Crippen LogP contribution in [0.3, 0.4) is 0 Å². The van der Waals surface area contributed by atoms with Crippen molar-refractivity contribution in [3.8, 4) is 34.2 Å². The molecule has 6 nitrogen and oxygen atoms in total. The predicted molar refractivity (Wildman–Crippen MR) is 85.6 cm³/mol. The Kier molecular flexibility index (Phi) is 3.36. The van der Waals surface area contributed by atoms with E-state index in [2.05, 4.69) is 25.4 Å². The van der Waals surface area contributed by atoms with Gasteiger partial charge in [-0.15, -0.1) is 10.2 Å². The summed E-state index contributed by atoms with van der Waals surface area (Å²) in [6.45, 7) is 0. The maximum absolute atomic E-state index is 5.93. The zero-order chi connectivity index (χ0) is 15.6. The van der Waals surface area contributed by atoms with E-state index in [4.69, 9.17) is 16.0 Å². The summed E-state index contributed by atoms with van der Waals surface area (Å²) in [6, 6.07) is 11.1. The van der Waals surface area contributed by atoms with Crippen molar-refractivity contribution in [2.45, 2.75) is 0 Å². The fourth-order valence-electron chi connectivity index (χ4n) is 2.23. The molecule has 0 aliphatic rings. The fraction of sp³-hybridized carbons (Fsp3) is 0. The molecule has 0 saturated carbocycles. The molecule has 0 atom stereocenters. The summed E-state index contributed by atoms with van der Waals surface area (Å²) < 4.78 is 5.76. The minimum atomic E-state index is 0.399. The Morgan fingerprint density at radius 1 is 0.870 bits per heavy atom. The predicted octanol–water partition coefficient (Wildman–Crippen LogP) is 3.84. The van der Waals surface area contributed by atoms with Gasteiger partial charge in [-0.3, -0.25) is 10.1 Å². The number of hydrogen-bond acceptors (Lipinski definition) is 5. The molecule has 0 saturated heterocycles. The summed E-state index contributed by atoms with van der Waals surface area (Å²) in [5.41, 5.74) is 3.28. The molecule has 7 heteroatoms. The molecule has 0 bridgehead atoms. The largest absolute Gasteiger partial charge is 0.416 e. The smallest absolute Gasteiger partial charge is 0.251 e. The Morgan fingerprint density at radius 2 is 1.61 bits per heavy atom. The van der Waals surface area contributed by atoms with Crippen molar-refractivity contribution in [1.29, 1.82) is 0 Å². The monoisotopic (exact) mass is 323 g/mol. The van der Waals surface area contributed by atoms with E-state index in [1.54, 1.807) is 18.6 Å². The number of nitrogens with one attached hydrogen (secondary N) is 1. The van der Waals surface area contributed by atoms with Gasteiger partial charge in [-0.2, -0.15) is 5.10 Å². The lowest BCUT2D eigenvalue weighted by Crippen LogP contribution is -1.82. The van der Waals surface area contributed by atoms with Crippen LogP contribution in [0.4, 0.5) is 0 Å². The third-order valence-electron chi connectivity index (χ3n) is 3.35. The molecule has 4 rings (SSSR count). The van der Waals surface area contributed by atoms with E-state index >= 15 is 0 Å². The molecular weight excluding hydrogens is 314 g/mol. The van der Waals surface area contributed by atoms with Crippen LogP contribution >= 0.6 is 11.6 Å². The fourth-order valence-corrected chi connectivity index (χ4v) is 2.35. The number of nitrogens with zero attached hydrogens (tertiary/aromatic N) is 4. The van der Waals surface area contributed by atoms with Gasteiger partial charge < -0.3 is 4.42 Å². The molecule has 0 aliphatic heterocycles. The average Bonchev–Trinajstić information content (AvgIpc) is 3.25. The third-order valence-corrected chi connectivity index (χ3v) is 3.61. The van der Waals surface area contributed by atoms with Gasteiger partial charge in [0.05, 0.1) is 17.5 Å². The lowest BCUT2D eigenvalue weighted by molar-refractivity contribution is 0.584. The lowest BCUT2D eigenvalue weighted by Gasteiger charge is -2.00. The first-order valence-electron chi connectivity index (χ1n) is 6.85. The van der Waals surface area contributed by atoms with Gasteiger partial charge in [0.2, 0.25) is 5.89 Å². The molecule has 1 aromatic carbocycles. The van der Waals surface area contributed by atoms with E-state index in [1.807, 2.05) is 36.4 Å². The molecule has 112 valence electrons. The minimum Gasteiger partial charge on any atom is -0.416 e. The summed E-state index contributed by atoms with van der Waals surface area (Å²) in [4.78, 5) is 3.97. The molecule has 0 aliphatic carbocycles. The molecule has 4 aromatic rings. The van der Waals surface area contributed by atoms with Crippen molar-refractivity contribution in [3.63, 3.8) is 0 Å². The van der Waals surface area contributed by atoms with Crippen molar-refractivity contribution in [2.24, 2.45) is 0 Å². The van der Waals surface area contributed by atoms with Gasteiger partial charge in [0.25, 0.3) is 5.89 Å². The van der Waals surface area contributed by atoms with E-state index in [0.717, 1.165) is 22.4 Å². The van der Waals surface area contributed by atoms with Gasteiger partial charge in [-0.25, -0.2) is 0 Å². The highest BCUT2D eigenvalue weighted by atomic mass is 35.5. The quantitative estimate of drug-likeness (QED) is 0.619. The summed E-state index contributed by atoms with van der Waals surface area (Å²) in [6.07, 6.45) is 5.01. The summed E-state index contributed by atoms with van der Waals surface area (Å²) >= 11 is 5.93. The van der Waals surface area contributed by atoms with Crippen LogP contribution in [0.5, 0.6) is 0 Å². The second kappa shape index (κ2) is 5.66. The van der Waals surface area contributed by atoms with Gasteiger partial charge >= 0.3 is 0 Å². The first-order valence-corrected chi connectivity index (χ1v) is 7.22. The van der Waals surface area contributed by atoms with Crippen LogP contribution in [0, 0.1) is 0 Å². The molecule has 0 spiro atoms. The van der Waals surface area contributed by atoms with Gasteiger partial charge in [-0.05, 0) is 24.3 Å². The van der Waals surface area contributed by atoms with Crippen molar-refractivity contribution in [2.75, 3.05) is 0 Å². The molecule has 3 aromatic heterocycles. The maximum Gasteiger partial charge on any atom is 0.251 e. The molecule has 1 N–H and O–H groups in total. The van der Waals surface area contributed by atoms with E-state index in [9.17, 15) is 0 Å². The average molecular weight is 324 g/mol. The number of halogens is 1. The number of aromatic nitrogens is 5. The zero-order valence-electron chi connectivity index (χ0n) is 11.8. The third kappa shape index (κ3) is 2.60. The first kappa shape index (κ1) is 13.7. The topological polar surface area (TPSA) is 80.5 Å². The molecule has 0 unspecified atom stereocenters. The summed E-state index contributed by atoms with van der Waals surface area (Å²) in [5, 5.41) is 15.9. The summed E-state index contributed by atoms with van der Waals surface area (Å²) in [5.74, 6) is 0.834. The van der Waals surface area contributed by atoms with Gasteiger partial charge in [0, 0.05) is 28.5 Å². The van der Waals surface area contributed by atoms with Gasteiger partial charge in [0.15, 0.2) is 0 Å². The van der Waals surface area contributed by atoms with E-state index in [1.165, 1.54) is 0 Å². The van der Waals surface area contributed by atoms with E-state index in [0.29, 0.717) is 16.8 Å². The van der Waals surface area contributed by atoms with Crippen molar-refractivity contribution >= 4 is 11.6 Å². The number of aromatic amines is 1. The highest BCUT2D eigenvalue weighted by molar-refractivity contribution is 6.30. The van der Waals surface area contributed by atoms with Crippen molar-refractivity contribution in [3.05, 3.63) is 60.0 Å². The van der Waals surface area contributed by atoms with Crippen LogP contribution in [-0.4, -0.2) is 25.4 Å². The van der Waals surface area contributed by atoms with Crippen LogP contribution in [0.25, 0.3) is 34.2 Å². The zero-order valence-corrected chi connectivity index (χ0v) is 12.5. The highest BCUT2D eigenvalue weighted by Crippen LogP contribution is 2.31. The Balaban J connectivity index is 1.74. The Hall–Kier alpha value is -2.99. The molecule has 3 heterocycles. The standard InChI is InChI=1S/C16H10ClN5O/c17-12-3-1-10(2-4-12)14-13(9-19-20-14)16-22-21-15(23-16)11-5-7-18-8-6-11/h1-9H,(H,19,20). The highest BCUT2D eigenvalue weighted by Gasteiger charge is 2.16. The molecular formula is C16H10ClN5O. The van der Waals surface area contributed by atoms with Crippen LogP contribution in [-0.2, 0) is 0 Å². The normalized spacial score (nSPS) is 10.8. The number of hydrogen-bond donors (Lipinski definition) is 1. The number of H-pyrrole nitrogens is 1. The Labute approximate surface area is 136 Å². The van der Waals surface area contributed by atoms with Gasteiger partial charge in [0.1, 0.15) is 0 Å². The first-order chi connectivity index (χ1) is 11.3. The van der Waals surface area contributed by atoms with Crippen molar-refractivity contribution < 1.29 is 4.42 Å². The molecule has 0 amide bonds. The van der Waals surface area contributed by atoms with Gasteiger partial charge in [-0.1, -0.05) is 23.7 Å². The Morgan fingerprint density at radius 3 is 2.39 bits per heavy atom. The minimum absolute atomic E-state index is 0.399. The summed E-state index contributed by atoms with van der Waals surface area (Å²) in [7, 11) is 0. The van der Waals surface area contributed by atoms with E-state index in [-0.39, 0.29) is 0 Å². The lowest BCUT2D eigenvalue weighted by atomic mass is 10.1. The number of pyridine rings is 1. The van der Waals surface area contributed by atoms with Crippen LogP contribution in [0.15, 0.2) is 59.4 Å². The molecule has 23 heavy (non-hydrogen) atoms. The molecule has 0 fully saturated rings. The van der Waals surface area contributed by atoms with Crippen LogP contribution in [0.1, 0.15) is 0 Å². The second-order valence-corrected chi connectivity index (χ2v) is 5.25. The number of benzene rings is 1. The van der Waals surface area contributed by atoms with Crippen LogP contribution < -0.4 is 0 Å². The van der Waals surface area contributed by atoms with Crippen molar-refractivity contribution in [1.82, 2.24) is 25.4 Å². The van der Waals surface area contributed by atoms with Crippen LogP contribution in [0.2, 0.25) is 5.02 Å². The Bertz CT molecular complexity index is 931.